The molecular weight excluding hydrogens is 391 g/mol. The van der Waals surface area contributed by atoms with E-state index in [2.05, 4.69) is 10.3 Å². The van der Waals surface area contributed by atoms with Gasteiger partial charge in [-0.3, -0.25) is 4.79 Å². The van der Waals surface area contributed by atoms with Crippen molar-refractivity contribution in [3.63, 3.8) is 0 Å². The number of amides is 1. The second kappa shape index (κ2) is 7.87. The van der Waals surface area contributed by atoms with E-state index in [0.29, 0.717) is 30.4 Å². The minimum atomic E-state index is -0.296. The lowest BCUT2D eigenvalue weighted by Gasteiger charge is -2.28. The Morgan fingerprint density at radius 3 is 2.83 bits per heavy atom. The molecule has 0 atom stereocenters. The standard InChI is InChI=1S/C22H22ClFN4O/c1-14(2)26-21-10-18(19(23)11-25-21)16-9-20-22(29)28(7-6-27(20)13-16)12-15-4-3-5-17(24)8-15/h3-5,8-11,13-14H,6-7,12H2,1-2H3,(H,25,26). The number of carbonyl (C=O) groups is 1. The van der Waals surface area contributed by atoms with Gasteiger partial charge in [-0.15, -0.1) is 0 Å². The van der Waals surface area contributed by atoms with Crippen molar-refractivity contribution in [2.45, 2.75) is 33.0 Å². The molecule has 0 fully saturated rings. The topological polar surface area (TPSA) is 50.2 Å². The molecule has 0 spiro atoms. The predicted octanol–water partition coefficient (Wildman–Crippen LogP) is 4.82. The van der Waals surface area contributed by atoms with E-state index in [1.165, 1.54) is 12.1 Å². The van der Waals surface area contributed by atoms with Crippen molar-refractivity contribution >= 4 is 23.3 Å². The fourth-order valence-corrected chi connectivity index (χ4v) is 3.77. The van der Waals surface area contributed by atoms with Gasteiger partial charge < -0.3 is 14.8 Å². The highest BCUT2D eigenvalue weighted by Crippen LogP contribution is 2.32. The zero-order valence-electron chi connectivity index (χ0n) is 16.3. The third kappa shape index (κ3) is 4.12. The highest BCUT2D eigenvalue weighted by atomic mass is 35.5. The number of aromatic nitrogens is 2. The van der Waals surface area contributed by atoms with Crippen LogP contribution in [0.15, 0.2) is 48.8 Å². The van der Waals surface area contributed by atoms with Gasteiger partial charge in [0.15, 0.2) is 0 Å². The van der Waals surface area contributed by atoms with E-state index >= 15 is 0 Å². The maximum absolute atomic E-state index is 13.5. The van der Waals surface area contributed by atoms with Gasteiger partial charge in [0.25, 0.3) is 5.91 Å². The molecule has 1 amide bonds. The number of anilines is 1. The number of fused-ring (bicyclic) bond motifs is 1. The van der Waals surface area contributed by atoms with E-state index in [1.807, 2.05) is 42.8 Å². The Kier molecular flexibility index (Phi) is 5.28. The van der Waals surface area contributed by atoms with Gasteiger partial charge in [0.2, 0.25) is 0 Å². The van der Waals surface area contributed by atoms with Crippen LogP contribution in [0.25, 0.3) is 11.1 Å². The van der Waals surface area contributed by atoms with Crippen molar-refractivity contribution in [2.75, 3.05) is 11.9 Å². The number of carbonyl (C=O) groups excluding carboxylic acids is 1. The number of halogens is 2. The van der Waals surface area contributed by atoms with Gasteiger partial charge in [0.05, 0.1) is 5.02 Å². The van der Waals surface area contributed by atoms with Crippen LogP contribution in [0.2, 0.25) is 5.02 Å². The molecule has 0 saturated carbocycles. The lowest BCUT2D eigenvalue weighted by Crippen LogP contribution is -2.39. The lowest BCUT2D eigenvalue weighted by molar-refractivity contribution is 0.0691. The molecular formula is C22H22ClFN4O. The van der Waals surface area contributed by atoms with Crippen LogP contribution in [0.5, 0.6) is 0 Å². The number of rotatable bonds is 5. The van der Waals surface area contributed by atoms with E-state index in [1.54, 1.807) is 17.2 Å². The summed E-state index contributed by atoms with van der Waals surface area (Å²) < 4.78 is 15.4. The van der Waals surface area contributed by atoms with Gasteiger partial charge in [0, 0.05) is 49.2 Å². The van der Waals surface area contributed by atoms with Crippen LogP contribution in [0.4, 0.5) is 10.2 Å². The molecule has 150 valence electrons. The Bertz CT molecular complexity index is 1060. The third-order valence-corrected chi connectivity index (χ3v) is 5.18. The van der Waals surface area contributed by atoms with Crippen molar-refractivity contribution in [3.8, 4) is 11.1 Å². The predicted molar refractivity (Wildman–Crippen MR) is 113 cm³/mol. The molecule has 1 aliphatic rings. The fourth-order valence-electron chi connectivity index (χ4n) is 3.55. The molecule has 0 aliphatic carbocycles. The molecule has 0 unspecified atom stereocenters. The molecule has 1 aliphatic heterocycles. The summed E-state index contributed by atoms with van der Waals surface area (Å²) in [4.78, 5) is 19.1. The summed E-state index contributed by atoms with van der Waals surface area (Å²) in [5, 5.41) is 3.80. The largest absolute Gasteiger partial charge is 0.368 e. The van der Waals surface area contributed by atoms with E-state index in [4.69, 9.17) is 11.6 Å². The molecule has 29 heavy (non-hydrogen) atoms. The molecule has 2 aromatic heterocycles. The Morgan fingerprint density at radius 1 is 1.24 bits per heavy atom. The Labute approximate surface area is 174 Å². The molecule has 1 aromatic carbocycles. The van der Waals surface area contributed by atoms with Crippen LogP contribution < -0.4 is 5.32 Å². The van der Waals surface area contributed by atoms with Gasteiger partial charge in [-0.05, 0) is 43.7 Å². The van der Waals surface area contributed by atoms with E-state index in [-0.39, 0.29) is 17.8 Å². The van der Waals surface area contributed by atoms with Crippen LogP contribution in [0.3, 0.4) is 0 Å². The maximum Gasteiger partial charge on any atom is 0.270 e. The molecule has 4 rings (SSSR count). The zero-order chi connectivity index (χ0) is 20.5. The van der Waals surface area contributed by atoms with E-state index in [9.17, 15) is 9.18 Å². The zero-order valence-corrected chi connectivity index (χ0v) is 17.1. The van der Waals surface area contributed by atoms with Gasteiger partial charge in [-0.1, -0.05) is 23.7 Å². The molecule has 1 N–H and O–H groups in total. The van der Waals surface area contributed by atoms with E-state index in [0.717, 1.165) is 22.5 Å². The summed E-state index contributed by atoms with van der Waals surface area (Å²) in [5.41, 5.74) is 3.09. The third-order valence-electron chi connectivity index (χ3n) is 4.88. The summed E-state index contributed by atoms with van der Waals surface area (Å²) in [7, 11) is 0. The minimum Gasteiger partial charge on any atom is -0.368 e. The molecule has 7 heteroatoms. The number of nitrogens with one attached hydrogen (secondary N) is 1. The number of nitrogens with zero attached hydrogens (tertiary/aromatic N) is 3. The van der Waals surface area contributed by atoms with Gasteiger partial charge in [0.1, 0.15) is 17.3 Å². The number of pyridine rings is 1. The first-order valence-electron chi connectivity index (χ1n) is 9.57. The second-order valence-corrected chi connectivity index (χ2v) is 7.92. The van der Waals surface area contributed by atoms with Crippen molar-refractivity contribution < 1.29 is 9.18 Å². The first-order valence-corrected chi connectivity index (χ1v) is 9.95. The van der Waals surface area contributed by atoms with Crippen LogP contribution in [-0.2, 0) is 13.1 Å². The minimum absolute atomic E-state index is 0.0718. The maximum atomic E-state index is 13.5. The van der Waals surface area contributed by atoms with Crippen LogP contribution in [-0.4, -0.2) is 32.9 Å². The first-order chi connectivity index (χ1) is 13.9. The second-order valence-electron chi connectivity index (χ2n) is 7.51. The quantitative estimate of drug-likeness (QED) is 0.653. The normalized spacial score (nSPS) is 13.7. The molecule has 3 heterocycles. The number of hydrogen-bond donors (Lipinski definition) is 1. The summed E-state index contributed by atoms with van der Waals surface area (Å²) in [6.45, 7) is 5.71. The summed E-state index contributed by atoms with van der Waals surface area (Å²) in [6, 6.07) is 10.4. The van der Waals surface area contributed by atoms with Gasteiger partial charge in [-0.2, -0.15) is 0 Å². The average Bonchev–Trinajstić information content (AvgIpc) is 3.10. The van der Waals surface area contributed by atoms with Crippen LogP contribution in [0.1, 0.15) is 29.9 Å². The highest BCUT2D eigenvalue weighted by molar-refractivity contribution is 6.33. The Morgan fingerprint density at radius 2 is 2.07 bits per heavy atom. The van der Waals surface area contributed by atoms with Gasteiger partial charge in [-0.25, -0.2) is 9.37 Å². The summed E-state index contributed by atoms with van der Waals surface area (Å²) in [5.74, 6) is 0.371. The molecule has 0 saturated heterocycles. The Balaban J connectivity index is 1.60. The van der Waals surface area contributed by atoms with Crippen LogP contribution in [0, 0.1) is 5.82 Å². The van der Waals surface area contributed by atoms with Crippen LogP contribution >= 0.6 is 11.6 Å². The highest BCUT2D eigenvalue weighted by Gasteiger charge is 2.26. The number of hydrogen-bond acceptors (Lipinski definition) is 3. The summed E-state index contributed by atoms with van der Waals surface area (Å²) >= 11 is 6.39. The number of benzene rings is 1. The SMILES string of the molecule is CC(C)Nc1cc(-c2cc3n(c2)CCN(Cc2cccc(F)c2)C3=O)c(Cl)cn1. The average molecular weight is 413 g/mol. The monoisotopic (exact) mass is 412 g/mol. The van der Waals surface area contributed by atoms with Crippen molar-refractivity contribution in [1.29, 1.82) is 0 Å². The van der Waals surface area contributed by atoms with Crippen molar-refractivity contribution in [2.24, 2.45) is 0 Å². The van der Waals surface area contributed by atoms with Crippen molar-refractivity contribution in [3.05, 3.63) is 70.9 Å². The Hall–Kier alpha value is -2.86. The molecule has 3 aromatic rings. The molecule has 0 radical (unpaired) electrons. The van der Waals surface area contributed by atoms with Crippen molar-refractivity contribution in [1.82, 2.24) is 14.5 Å². The fraction of sp³-hybridized carbons (Fsp3) is 0.273. The lowest BCUT2D eigenvalue weighted by atomic mass is 10.1. The molecule has 0 bridgehead atoms. The first kappa shape index (κ1) is 19.5. The smallest absolute Gasteiger partial charge is 0.270 e. The van der Waals surface area contributed by atoms with Gasteiger partial charge >= 0.3 is 0 Å². The summed E-state index contributed by atoms with van der Waals surface area (Å²) in [6.07, 6.45) is 3.57. The molecule has 5 nitrogen and oxygen atoms in total. The van der Waals surface area contributed by atoms with E-state index < -0.39 is 0 Å².